The second-order valence-corrected chi connectivity index (χ2v) is 19.5. The molecule has 0 aliphatic rings. The SMILES string of the molecule is CC/C=C\C/C=C\C/C=C\C/C=C\C/C=C\C/C=C\C/C=C\C/C=C\CCCCC(=O)OCC(COC(=O)CCCCCCC/C=C\CCCCC)OC(=O)CCCC/C=C\C/C=C\C/C=C\C/C=C\C/C=C\C/C=C\CC. The maximum absolute atomic E-state index is 12.9. The molecule has 0 fully saturated rings. The number of hydrogen-bond acceptors (Lipinski definition) is 6. The molecule has 0 aromatic heterocycles. The Kier molecular flexibility index (Phi) is 59.5. The van der Waals surface area contributed by atoms with Crippen molar-refractivity contribution in [2.45, 2.75) is 239 Å². The second-order valence-electron chi connectivity index (χ2n) is 19.5. The molecule has 0 spiro atoms. The first-order valence-electron chi connectivity index (χ1n) is 30.8. The fourth-order valence-electron chi connectivity index (χ4n) is 7.57. The zero-order valence-electron chi connectivity index (χ0n) is 49.6. The Hall–Kier alpha value is -5.49. The lowest BCUT2D eigenvalue weighted by Crippen LogP contribution is -2.30. The molecule has 434 valence electrons. The third-order valence-corrected chi connectivity index (χ3v) is 12.1. The van der Waals surface area contributed by atoms with Gasteiger partial charge in [-0.25, -0.2) is 0 Å². The Morgan fingerprint density at radius 3 is 0.821 bits per heavy atom. The lowest BCUT2D eigenvalue weighted by molar-refractivity contribution is -0.167. The smallest absolute Gasteiger partial charge is 0.306 e. The highest BCUT2D eigenvalue weighted by atomic mass is 16.6. The summed E-state index contributed by atoms with van der Waals surface area (Å²) in [6.45, 7) is 6.29. The van der Waals surface area contributed by atoms with Crippen LogP contribution in [0, 0.1) is 0 Å². The van der Waals surface area contributed by atoms with E-state index in [-0.39, 0.29) is 44.0 Å². The number of allylic oxidation sites excluding steroid dienone is 30. The molecule has 0 aliphatic heterocycles. The summed E-state index contributed by atoms with van der Waals surface area (Å²) in [7, 11) is 0. The lowest BCUT2D eigenvalue weighted by atomic mass is 10.1. The molecule has 0 radical (unpaired) electrons. The topological polar surface area (TPSA) is 78.9 Å². The van der Waals surface area contributed by atoms with Crippen LogP contribution in [0.3, 0.4) is 0 Å². The van der Waals surface area contributed by atoms with Gasteiger partial charge >= 0.3 is 17.9 Å². The Morgan fingerprint density at radius 2 is 0.500 bits per heavy atom. The molecule has 6 nitrogen and oxygen atoms in total. The second kappa shape index (κ2) is 64.0. The summed E-state index contributed by atoms with van der Waals surface area (Å²) in [5.74, 6) is -1.03. The maximum atomic E-state index is 12.9. The molecule has 0 aromatic carbocycles. The van der Waals surface area contributed by atoms with Crippen LogP contribution in [0.1, 0.15) is 233 Å². The Balaban J connectivity index is 4.54. The monoisotopic (exact) mass is 1070 g/mol. The van der Waals surface area contributed by atoms with Crippen LogP contribution in [0.2, 0.25) is 0 Å². The van der Waals surface area contributed by atoms with Crippen LogP contribution in [0.4, 0.5) is 0 Å². The van der Waals surface area contributed by atoms with Crippen molar-refractivity contribution >= 4 is 17.9 Å². The molecule has 1 atom stereocenters. The molecule has 0 bridgehead atoms. The fraction of sp³-hybridized carbons (Fsp3) is 0.542. The predicted octanol–water partition coefficient (Wildman–Crippen LogP) is 21.3. The van der Waals surface area contributed by atoms with E-state index in [4.69, 9.17) is 14.2 Å². The molecule has 0 aliphatic carbocycles. The normalized spacial score (nSPS) is 13.4. The summed E-state index contributed by atoms with van der Waals surface area (Å²) in [5, 5.41) is 0. The summed E-state index contributed by atoms with van der Waals surface area (Å²) < 4.78 is 16.8. The van der Waals surface area contributed by atoms with Crippen molar-refractivity contribution in [3.05, 3.63) is 182 Å². The molecular formula is C72H110O6. The molecule has 78 heavy (non-hydrogen) atoms. The van der Waals surface area contributed by atoms with Crippen LogP contribution >= 0.6 is 0 Å². The van der Waals surface area contributed by atoms with Crippen molar-refractivity contribution in [1.29, 1.82) is 0 Å². The Labute approximate surface area is 478 Å². The molecule has 0 aromatic rings. The fourth-order valence-corrected chi connectivity index (χ4v) is 7.57. The molecular weight excluding hydrogens is 961 g/mol. The van der Waals surface area contributed by atoms with Gasteiger partial charge in [0.15, 0.2) is 6.10 Å². The van der Waals surface area contributed by atoms with E-state index in [0.717, 1.165) is 148 Å². The van der Waals surface area contributed by atoms with Gasteiger partial charge in [-0.2, -0.15) is 0 Å². The van der Waals surface area contributed by atoms with Crippen molar-refractivity contribution in [3.8, 4) is 0 Å². The van der Waals surface area contributed by atoms with E-state index in [9.17, 15) is 14.4 Å². The van der Waals surface area contributed by atoms with E-state index in [1.807, 2.05) is 0 Å². The van der Waals surface area contributed by atoms with Gasteiger partial charge in [0.1, 0.15) is 13.2 Å². The third kappa shape index (κ3) is 61.4. The lowest BCUT2D eigenvalue weighted by Gasteiger charge is -2.18. The van der Waals surface area contributed by atoms with Gasteiger partial charge in [0.25, 0.3) is 0 Å². The van der Waals surface area contributed by atoms with E-state index < -0.39 is 6.10 Å². The van der Waals surface area contributed by atoms with E-state index in [0.29, 0.717) is 19.3 Å². The molecule has 0 heterocycles. The maximum Gasteiger partial charge on any atom is 0.306 e. The number of ether oxygens (including phenoxy) is 3. The standard InChI is InChI=1S/C72H110O6/c1-4-7-10-13-16-19-22-25-27-29-31-33-34-35-36-37-38-40-41-43-45-47-50-53-56-59-62-65-71(74)77-68-69(67-76-70(73)64-61-58-55-52-49-24-21-18-15-12-9-6-3)78-72(75)66-63-60-57-54-51-48-46-44-42-39-32-30-28-26-23-20-17-14-11-8-5-2/h7-8,10-11,16-21,25-28,31-33,35-36,38-40,43-46,50-51,53-54,69H,4-6,9,12-15,22-24,29-30,34,37,41-42,47-49,52,55-68H2,1-3H3/b10-7-,11-8-,19-16-,20-17-,21-18-,27-25-,28-26-,33-31-,36-35-,39-32-,40-38-,45-43-,46-44-,53-50-,54-51-. The van der Waals surface area contributed by atoms with Gasteiger partial charge in [-0.15, -0.1) is 0 Å². The zero-order chi connectivity index (χ0) is 56.4. The van der Waals surface area contributed by atoms with E-state index in [1.165, 1.54) is 32.1 Å². The highest BCUT2D eigenvalue weighted by Crippen LogP contribution is 2.12. The first-order valence-corrected chi connectivity index (χ1v) is 30.8. The average Bonchev–Trinajstić information content (AvgIpc) is 3.44. The molecule has 0 saturated heterocycles. The number of unbranched alkanes of at least 4 members (excludes halogenated alkanes) is 12. The number of carbonyl (C=O) groups is 3. The summed E-state index contributed by atoms with van der Waals surface area (Å²) in [4.78, 5) is 38.2. The van der Waals surface area contributed by atoms with E-state index in [2.05, 4.69) is 203 Å². The van der Waals surface area contributed by atoms with Crippen molar-refractivity contribution in [1.82, 2.24) is 0 Å². The summed E-state index contributed by atoms with van der Waals surface area (Å²) in [6, 6.07) is 0. The highest BCUT2D eigenvalue weighted by Gasteiger charge is 2.19. The number of esters is 3. The van der Waals surface area contributed by atoms with E-state index in [1.54, 1.807) is 0 Å². The molecule has 0 saturated carbocycles. The summed E-state index contributed by atoms with van der Waals surface area (Å²) in [6.07, 6.45) is 96.1. The van der Waals surface area contributed by atoms with Gasteiger partial charge in [0, 0.05) is 19.3 Å². The predicted molar refractivity (Wildman–Crippen MR) is 338 cm³/mol. The van der Waals surface area contributed by atoms with Crippen LogP contribution in [0.5, 0.6) is 0 Å². The third-order valence-electron chi connectivity index (χ3n) is 12.1. The van der Waals surface area contributed by atoms with Crippen molar-refractivity contribution in [3.63, 3.8) is 0 Å². The van der Waals surface area contributed by atoms with Crippen LogP contribution in [-0.4, -0.2) is 37.2 Å². The molecule has 0 amide bonds. The minimum Gasteiger partial charge on any atom is -0.462 e. The van der Waals surface area contributed by atoms with Crippen molar-refractivity contribution < 1.29 is 28.6 Å². The van der Waals surface area contributed by atoms with Crippen LogP contribution in [0.25, 0.3) is 0 Å². The first kappa shape index (κ1) is 72.5. The quantitative estimate of drug-likeness (QED) is 0.0261. The van der Waals surface area contributed by atoms with Gasteiger partial charge in [-0.1, -0.05) is 235 Å². The Bertz CT molecular complexity index is 1850. The largest absolute Gasteiger partial charge is 0.462 e. The summed E-state index contributed by atoms with van der Waals surface area (Å²) >= 11 is 0. The average molecular weight is 1070 g/mol. The minimum absolute atomic E-state index is 0.123. The van der Waals surface area contributed by atoms with Crippen LogP contribution in [0.15, 0.2) is 182 Å². The van der Waals surface area contributed by atoms with Gasteiger partial charge in [0.05, 0.1) is 0 Å². The van der Waals surface area contributed by atoms with Gasteiger partial charge < -0.3 is 14.2 Å². The molecule has 1 unspecified atom stereocenters. The van der Waals surface area contributed by atoms with Crippen LogP contribution in [-0.2, 0) is 28.6 Å². The van der Waals surface area contributed by atoms with Crippen molar-refractivity contribution in [2.75, 3.05) is 13.2 Å². The van der Waals surface area contributed by atoms with Gasteiger partial charge in [-0.3, -0.25) is 14.4 Å². The summed E-state index contributed by atoms with van der Waals surface area (Å²) in [5.41, 5.74) is 0. The van der Waals surface area contributed by atoms with Crippen molar-refractivity contribution in [2.24, 2.45) is 0 Å². The van der Waals surface area contributed by atoms with Gasteiger partial charge in [0.2, 0.25) is 0 Å². The number of rotatable bonds is 53. The first-order chi connectivity index (χ1) is 38.5. The zero-order valence-corrected chi connectivity index (χ0v) is 49.6. The van der Waals surface area contributed by atoms with Crippen LogP contribution < -0.4 is 0 Å². The van der Waals surface area contributed by atoms with Gasteiger partial charge in [-0.05, 0) is 161 Å². The molecule has 6 heteroatoms. The highest BCUT2D eigenvalue weighted by molar-refractivity contribution is 5.71. The van der Waals surface area contributed by atoms with E-state index >= 15 is 0 Å². The molecule has 0 rings (SSSR count). The number of carbonyl (C=O) groups excluding carboxylic acids is 3. The Morgan fingerprint density at radius 1 is 0.269 bits per heavy atom. The number of hydrogen-bond donors (Lipinski definition) is 0. The molecule has 0 N–H and O–H groups in total. The minimum atomic E-state index is -0.834.